The van der Waals surface area contributed by atoms with Crippen LogP contribution in [-0.4, -0.2) is 40.3 Å². The number of sulfonamides is 1. The lowest BCUT2D eigenvalue weighted by molar-refractivity contribution is -0.274. The van der Waals surface area contributed by atoms with Crippen molar-refractivity contribution in [2.45, 2.75) is 17.8 Å². The molecule has 0 radical (unpaired) electrons. The number of benzene rings is 3. The molecule has 0 saturated carbocycles. The third-order valence-corrected chi connectivity index (χ3v) is 7.45. The number of hydrogen-bond acceptors (Lipinski definition) is 5. The SMILES string of the molecule is COc1ccc(CN(C)S(=O)(=O)c2ccc(N(C)c3ccc(OC(F)(F)F)cc3)c(Br)c2)cc1. The normalized spacial score (nSPS) is 12.0. The maximum atomic E-state index is 13.1. The van der Waals surface area contributed by atoms with Crippen molar-refractivity contribution in [3.8, 4) is 11.5 Å². The number of anilines is 2. The second kappa shape index (κ2) is 10.2. The van der Waals surface area contributed by atoms with E-state index in [0.717, 1.165) is 5.56 Å². The van der Waals surface area contributed by atoms with Crippen LogP contribution in [0.5, 0.6) is 11.5 Å². The molecule has 34 heavy (non-hydrogen) atoms. The van der Waals surface area contributed by atoms with Crippen molar-refractivity contribution in [1.82, 2.24) is 4.31 Å². The Hall–Kier alpha value is -2.76. The van der Waals surface area contributed by atoms with Gasteiger partial charge in [0.15, 0.2) is 0 Å². The Kier molecular flexibility index (Phi) is 7.79. The first-order valence-electron chi connectivity index (χ1n) is 9.89. The van der Waals surface area contributed by atoms with Crippen LogP contribution in [0.2, 0.25) is 0 Å². The van der Waals surface area contributed by atoms with Gasteiger partial charge in [0.25, 0.3) is 0 Å². The van der Waals surface area contributed by atoms with Crippen molar-refractivity contribution in [2.24, 2.45) is 0 Å². The summed E-state index contributed by atoms with van der Waals surface area (Å²) >= 11 is 3.41. The van der Waals surface area contributed by atoms with Crippen LogP contribution in [0.15, 0.2) is 76.1 Å². The molecule has 0 aliphatic heterocycles. The molecular weight excluding hydrogens is 537 g/mol. The van der Waals surface area contributed by atoms with E-state index in [9.17, 15) is 21.6 Å². The number of rotatable bonds is 8. The van der Waals surface area contributed by atoms with Crippen molar-refractivity contribution in [2.75, 3.05) is 26.1 Å². The Morgan fingerprint density at radius 1 is 0.912 bits per heavy atom. The lowest BCUT2D eigenvalue weighted by Crippen LogP contribution is -2.26. The van der Waals surface area contributed by atoms with Gasteiger partial charge < -0.3 is 14.4 Å². The summed E-state index contributed by atoms with van der Waals surface area (Å²) in [5, 5.41) is 0. The smallest absolute Gasteiger partial charge is 0.497 e. The van der Waals surface area contributed by atoms with E-state index >= 15 is 0 Å². The topological polar surface area (TPSA) is 59.1 Å². The summed E-state index contributed by atoms with van der Waals surface area (Å²) in [6.45, 7) is 0.179. The second-order valence-corrected chi connectivity index (χ2v) is 10.2. The first-order chi connectivity index (χ1) is 15.9. The molecule has 0 aliphatic rings. The summed E-state index contributed by atoms with van der Waals surface area (Å²) in [6.07, 6.45) is -4.77. The molecule has 0 amide bonds. The van der Waals surface area contributed by atoms with Crippen molar-refractivity contribution in [3.05, 3.63) is 76.8 Å². The van der Waals surface area contributed by atoms with Crippen molar-refractivity contribution in [1.29, 1.82) is 0 Å². The molecule has 11 heteroatoms. The molecular formula is C23H22BrF3N2O4S. The first kappa shape index (κ1) is 25.9. The third-order valence-electron chi connectivity index (χ3n) is 5.01. The van der Waals surface area contributed by atoms with Gasteiger partial charge in [0.05, 0.1) is 17.7 Å². The molecule has 0 aliphatic carbocycles. The predicted octanol–water partition coefficient (Wildman–Crippen LogP) is 5.94. The van der Waals surface area contributed by atoms with Crippen molar-refractivity contribution in [3.63, 3.8) is 0 Å². The Labute approximate surface area is 204 Å². The molecule has 3 rings (SSSR count). The minimum absolute atomic E-state index is 0.0986. The Bertz CT molecular complexity index is 1230. The third kappa shape index (κ3) is 6.22. The fourth-order valence-corrected chi connectivity index (χ4v) is 5.17. The van der Waals surface area contributed by atoms with Gasteiger partial charge in [0.2, 0.25) is 10.0 Å². The van der Waals surface area contributed by atoms with Crippen LogP contribution in [0, 0.1) is 0 Å². The zero-order valence-corrected chi connectivity index (χ0v) is 20.9. The van der Waals surface area contributed by atoms with Gasteiger partial charge in [-0.3, -0.25) is 0 Å². The number of alkyl halides is 3. The Balaban J connectivity index is 1.77. The lowest BCUT2D eigenvalue weighted by atomic mass is 10.2. The maximum Gasteiger partial charge on any atom is 0.573 e. The lowest BCUT2D eigenvalue weighted by Gasteiger charge is -2.23. The summed E-state index contributed by atoms with van der Waals surface area (Å²) < 4.78 is 74.0. The van der Waals surface area contributed by atoms with Gasteiger partial charge in [0, 0.05) is 30.8 Å². The molecule has 0 atom stereocenters. The summed E-state index contributed by atoms with van der Waals surface area (Å²) in [6, 6.07) is 17.1. The van der Waals surface area contributed by atoms with Crippen LogP contribution in [0.25, 0.3) is 0 Å². The van der Waals surface area contributed by atoms with Crippen LogP contribution < -0.4 is 14.4 Å². The van der Waals surface area contributed by atoms with E-state index in [0.29, 0.717) is 21.6 Å². The van der Waals surface area contributed by atoms with E-state index in [1.54, 1.807) is 49.4 Å². The molecule has 3 aromatic rings. The molecule has 6 nitrogen and oxygen atoms in total. The van der Waals surface area contributed by atoms with Crippen LogP contribution in [0.1, 0.15) is 5.56 Å². The molecule has 182 valence electrons. The average molecular weight is 559 g/mol. The van der Waals surface area contributed by atoms with Gasteiger partial charge in [-0.15, -0.1) is 13.2 Å². The molecule has 0 fully saturated rings. The molecule has 0 spiro atoms. The number of methoxy groups -OCH3 is 1. The standard InChI is InChI=1S/C23H22BrF3N2O4S/c1-28(15-16-4-8-18(32-3)9-5-16)34(30,31)20-12-13-22(21(24)14-20)29(2)17-6-10-19(11-7-17)33-23(25,26)27/h4-14H,15H2,1-3H3. The highest BCUT2D eigenvalue weighted by Gasteiger charge is 2.31. The van der Waals surface area contributed by atoms with Crippen LogP contribution in [0.4, 0.5) is 24.5 Å². The molecule has 0 N–H and O–H groups in total. The van der Waals surface area contributed by atoms with Crippen LogP contribution in [0.3, 0.4) is 0 Å². The van der Waals surface area contributed by atoms with Gasteiger partial charge >= 0.3 is 6.36 Å². The molecule has 0 aromatic heterocycles. The van der Waals surface area contributed by atoms with E-state index in [4.69, 9.17) is 4.74 Å². The highest BCUT2D eigenvalue weighted by atomic mass is 79.9. The first-order valence-corrected chi connectivity index (χ1v) is 12.1. The highest BCUT2D eigenvalue weighted by Crippen LogP contribution is 2.34. The monoisotopic (exact) mass is 558 g/mol. The molecule has 0 bridgehead atoms. The molecule has 0 saturated heterocycles. The van der Waals surface area contributed by atoms with E-state index in [-0.39, 0.29) is 17.2 Å². The van der Waals surface area contributed by atoms with Gasteiger partial charge in [0.1, 0.15) is 11.5 Å². The fourth-order valence-electron chi connectivity index (χ4n) is 3.18. The van der Waals surface area contributed by atoms with Crippen molar-refractivity contribution >= 4 is 37.3 Å². The van der Waals surface area contributed by atoms with E-state index in [1.165, 1.54) is 47.8 Å². The Morgan fingerprint density at radius 3 is 2.03 bits per heavy atom. The molecule has 3 aromatic carbocycles. The van der Waals surface area contributed by atoms with E-state index in [1.807, 2.05) is 0 Å². The quantitative estimate of drug-likeness (QED) is 0.342. The highest BCUT2D eigenvalue weighted by molar-refractivity contribution is 9.10. The van der Waals surface area contributed by atoms with Gasteiger partial charge in [-0.25, -0.2) is 8.42 Å². The van der Waals surface area contributed by atoms with E-state index < -0.39 is 16.4 Å². The zero-order chi connectivity index (χ0) is 25.1. The minimum atomic E-state index is -4.77. The predicted molar refractivity (Wildman–Crippen MR) is 127 cm³/mol. The second-order valence-electron chi connectivity index (χ2n) is 7.32. The average Bonchev–Trinajstić information content (AvgIpc) is 2.78. The maximum absolute atomic E-state index is 13.1. The summed E-state index contributed by atoms with van der Waals surface area (Å²) in [5.41, 5.74) is 2.02. The summed E-state index contributed by atoms with van der Waals surface area (Å²) in [7, 11) is 0.993. The number of nitrogens with zero attached hydrogens (tertiary/aromatic N) is 2. The number of hydrogen-bond donors (Lipinski definition) is 0. The molecule has 0 unspecified atom stereocenters. The zero-order valence-electron chi connectivity index (χ0n) is 18.5. The van der Waals surface area contributed by atoms with Crippen LogP contribution in [-0.2, 0) is 16.6 Å². The molecule has 0 heterocycles. The largest absolute Gasteiger partial charge is 0.573 e. The summed E-state index contributed by atoms with van der Waals surface area (Å²) in [4.78, 5) is 1.81. The van der Waals surface area contributed by atoms with Gasteiger partial charge in [-0.1, -0.05) is 12.1 Å². The summed E-state index contributed by atoms with van der Waals surface area (Å²) in [5.74, 6) is 0.352. The van der Waals surface area contributed by atoms with Crippen molar-refractivity contribution < 1.29 is 31.1 Å². The number of halogens is 4. The Morgan fingerprint density at radius 2 is 1.50 bits per heavy atom. The van der Waals surface area contributed by atoms with Gasteiger partial charge in [-0.05, 0) is 76.1 Å². The van der Waals surface area contributed by atoms with Gasteiger partial charge in [-0.2, -0.15) is 4.31 Å². The van der Waals surface area contributed by atoms with E-state index in [2.05, 4.69) is 20.7 Å². The number of ether oxygens (including phenoxy) is 2. The van der Waals surface area contributed by atoms with Crippen LogP contribution >= 0.6 is 15.9 Å². The fraction of sp³-hybridized carbons (Fsp3) is 0.217. The minimum Gasteiger partial charge on any atom is -0.497 e.